The second-order valence-electron chi connectivity index (χ2n) is 4.61. The Bertz CT molecular complexity index is 601. The molecule has 0 saturated carbocycles. The number of nitriles is 1. The Morgan fingerprint density at radius 3 is 2.70 bits per heavy atom. The van der Waals surface area contributed by atoms with Crippen LogP contribution < -0.4 is 4.74 Å². The highest BCUT2D eigenvalue weighted by molar-refractivity contribution is 5.31. The van der Waals surface area contributed by atoms with Crippen LogP contribution in [0.1, 0.15) is 23.7 Å². The summed E-state index contributed by atoms with van der Waals surface area (Å²) in [6.07, 6.45) is 1.87. The van der Waals surface area contributed by atoms with E-state index in [0.29, 0.717) is 18.7 Å². The van der Waals surface area contributed by atoms with Crippen molar-refractivity contribution in [2.45, 2.75) is 26.1 Å². The molecule has 0 fully saturated rings. The Kier molecular flexibility index (Phi) is 4.70. The summed E-state index contributed by atoms with van der Waals surface area (Å²) < 4.78 is 5.64. The third-order valence-corrected chi connectivity index (χ3v) is 2.85. The summed E-state index contributed by atoms with van der Waals surface area (Å²) in [5.41, 5.74) is 2.22. The van der Waals surface area contributed by atoms with Gasteiger partial charge in [0.05, 0.1) is 6.10 Å². The van der Waals surface area contributed by atoms with Crippen molar-refractivity contribution < 1.29 is 9.84 Å². The minimum Gasteiger partial charge on any atom is -0.489 e. The van der Waals surface area contributed by atoms with Gasteiger partial charge in [0.1, 0.15) is 24.1 Å². The van der Waals surface area contributed by atoms with Gasteiger partial charge in [-0.15, -0.1) is 0 Å². The van der Waals surface area contributed by atoms with Gasteiger partial charge in [-0.25, -0.2) is 4.98 Å². The third kappa shape index (κ3) is 3.81. The number of hydrogen-bond donors (Lipinski definition) is 1. The second kappa shape index (κ2) is 6.69. The molecule has 1 heterocycles. The van der Waals surface area contributed by atoms with E-state index in [9.17, 15) is 5.11 Å². The fraction of sp³-hybridized carbons (Fsp3) is 0.250. The van der Waals surface area contributed by atoms with E-state index < -0.39 is 0 Å². The zero-order chi connectivity index (χ0) is 14.4. The summed E-state index contributed by atoms with van der Waals surface area (Å²) in [5, 5.41) is 18.3. The number of rotatable bonds is 5. The molecule has 1 N–H and O–H groups in total. The van der Waals surface area contributed by atoms with E-state index >= 15 is 0 Å². The van der Waals surface area contributed by atoms with Crippen LogP contribution in [-0.2, 0) is 13.0 Å². The third-order valence-electron chi connectivity index (χ3n) is 2.85. The Morgan fingerprint density at radius 2 is 2.05 bits per heavy atom. The minimum absolute atomic E-state index is 0.312. The molecule has 0 radical (unpaired) electrons. The van der Waals surface area contributed by atoms with E-state index in [1.807, 2.05) is 36.4 Å². The number of aromatic nitrogens is 1. The van der Waals surface area contributed by atoms with Crippen LogP contribution in [0.5, 0.6) is 5.75 Å². The van der Waals surface area contributed by atoms with Gasteiger partial charge in [-0.2, -0.15) is 5.26 Å². The lowest BCUT2D eigenvalue weighted by atomic mass is 10.1. The molecular formula is C16H16N2O2. The summed E-state index contributed by atoms with van der Waals surface area (Å²) >= 11 is 0. The molecule has 0 saturated heterocycles. The molecule has 0 bridgehead atoms. The normalized spacial score (nSPS) is 11.7. The molecule has 0 aliphatic rings. The van der Waals surface area contributed by atoms with E-state index in [0.717, 1.165) is 16.9 Å². The van der Waals surface area contributed by atoms with Gasteiger partial charge in [-0.05, 0) is 37.1 Å². The quantitative estimate of drug-likeness (QED) is 0.904. The molecule has 2 rings (SSSR count). The second-order valence-corrected chi connectivity index (χ2v) is 4.61. The molecular weight excluding hydrogens is 252 g/mol. The van der Waals surface area contributed by atoms with Crippen LogP contribution in [0.15, 0.2) is 42.6 Å². The summed E-state index contributed by atoms with van der Waals surface area (Å²) in [6.45, 7) is 2.07. The lowest BCUT2D eigenvalue weighted by Gasteiger charge is -2.09. The average molecular weight is 268 g/mol. The van der Waals surface area contributed by atoms with Crippen LogP contribution >= 0.6 is 0 Å². The lowest BCUT2D eigenvalue weighted by Crippen LogP contribution is -2.04. The van der Waals surface area contributed by atoms with Gasteiger partial charge in [0.15, 0.2) is 0 Å². The number of pyridine rings is 1. The predicted molar refractivity (Wildman–Crippen MR) is 75.1 cm³/mol. The maximum atomic E-state index is 9.32. The summed E-state index contributed by atoms with van der Waals surface area (Å²) in [4.78, 5) is 3.99. The first-order valence-electron chi connectivity index (χ1n) is 6.43. The highest BCUT2D eigenvalue weighted by Gasteiger charge is 2.04. The van der Waals surface area contributed by atoms with Crippen molar-refractivity contribution in [2.75, 3.05) is 0 Å². The van der Waals surface area contributed by atoms with Crippen molar-refractivity contribution in [1.29, 1.82) is 5.26 Å². The average Bonchev–Trinajstić information content (AvgIpc) is 2.46. The van der Waals surface area contributed by atoms with Gasteiger partial charge in [0.2, 0.25) is 0 Å². The number of aliphatic hydroxyl groups excluding tert-OH is 1. The Hall–Kier alpha value is -2.38. The number of ether oxygens (including phenoxy) is 1. The Morgan fingerprint density at radius 1 is 1.30 bits per heavy atom. The van der Waals surface area contributed by atoms with E-state index in [-0.39, 0.29) is 6.10 Å². The first kappa shape index (κ1) is 14.0. The van der Waals surface area contributed by atoms with Crippen LogP contribution in [0, 0.1) is 11.3 Å². The first-order chi connectivity index (χ1) is 9.69. The molecule has 4 nitrogen and oxygen atoms in total. The Labute approximate surface area is 118 Å². The Balaban J connectivity index is 1.99. The maximum Gasteiger partial charge on any atom is 0.147 e. The molecule has 1 unspecified atom stereocenters. The van der Waals surface area contributed by atoms with Crippen LogP contribution in [-0.4, -0.2) is 16.2 Å². The van der Waals surface area contributed by atoms with Crippen LogP contribution in [0.25, 0.3) is 0 Å². The van der Waals surface area contributed by atoms with Gasteiger partial charge >= 0.3 is 0 Å². The van der Waals surface area contributed by atoms with Crippen LogP contribution in [0.2, 0.25) is 0 Å². The standard InChI is InChI=1S/C16H16N2O2/c1-12(19)9-13-4-6-15(7-5-13)20-11-14-3-2-8-18-16(14)10-17/h2-8,12,19H,9,11H2,1H3. The summed E-state index contributed by atoms with van der Waals surface area (Å²) in [5.74, 6) is 0.729. The molecule has 20 heavy (non-hydrogen) atoms. The fourth-order valence-electron chi connectivity index (χ4n) is 1.88. The van der Waals surface area contributed by atoms with E-state index in [2.05, 4.69) is 4.98 Å². The van der Waals surface area contributed by atoms with Crippen molar-refractivity contribution >= 4 is 0 Å². The molecule has 0 spiro atoms. The molecule has 1 aromatic heterocycles. The van der Waals surface area contributed by atoms with Gasteiger partial charge in [0.25, 0.3) is 0 Å². The van der Waals surface area contributed by atoms with E-state index in [1.165, 1.54) is 0 Å². The molecule has 0 amide bonds. The van der Waals surface area contributed by atoms with Crippen molar-refractivity contribution in [2.24, 2.45) is 0 Å². The topological polar surface area (TPSA) is 66.1 Å². The molecule has 4 heteroatoms. The smallest absolute Gasteiger partial charge is 0.147 e. The molecule has 2 aromatic rings. The first-order valence-corrected chi connectivity index (χ1v) is 6.43. The zero-order valence-corrected chi connectivity index (χ0v) is 11.3. The van der Waals surface area contributed by atoms with E-state index in [4.69, 9.17) is 10.00 Å². The number of benzene rings is 1. The highest BCUT2D eigenvalue weighted by Crippen LogP contribution is 2.16. The minimum atomic E-state index is -0.352. The summed E-state index contributed by atoms with van der Waals surface area (Å²) in [6, 6.07) is 13.2. The van der Waals surface area contributed by atoms with Crippen molar-refractivity contribution in [3.05, 3.63) is 59.4 Å². The molecule has 0 aliphatic heterocycles. The van der Waals surface area contributed by atoms with Gasteiger partial charge in [-0.3, -0.25) is 0 Å². The fourth-order valence-corrected chi connectivity index (χ4v) is 1.88. The van der Waals surface area contributed by atoms with Gasteiger partial charge in [0, 0.05) is 11.8 Å². The van der Waals surface area contributed by atoms with Crippen LogP contribution in [0.4, 0.5) is 0 Å². The largest absolute Gasteiger partial charge is 0.489 e. The van der Waals surface area contributed by atoms with Gasteiger partial charge in [-0.1, -0.05) is 18.2 Å². The molecule has 1 aromatic carbocycles. The van der Waals surface area contributed by atoms with Crippen molar-refractivity contribution in [3.63, 3.8) is 0 Å². The maximum absolute atomic E-state index is 9.32. The SMILES string of the molecule is CC(O)Cc1ccc(OCc2cccnc2C#N)cc1. The van der Waals surface area contributed by atoms with Crippen molar-refractivity contribution in [3.8, 4) is 11.8 Å². The number of aliphatic hydroxyl groups is 1. The lowest BCUT2D eigenvalue weighted by molar-refractivity contribution is 0.195. The zero-order valence-electron chi connectivity index (χ0n) is 11.3. The van der Waals surface area contributed by atoms with Crippen molar-refractivity contribution in [1.82, 2.24) is 4.98 Å². The molecule has 0 aliphatic carbocycles. The van der Waals surface area contributed by atoms with Gasteiger partial charge < -0.3 is 9.84 Å². The highest BCUT2D eigenvalue weighted by atomic mass is 16.5. The van der Waals surface area contributed by atoms with Crippen LogP contribution in [0.3, 0.4) is 0 Å². The molecule has 102 valence electrons. The predicted octanol–water partition coefficient (Wildman–Crippen LogP) is 2.46. The number of hydrogen-bond acceptors (Lipinski definition) is 4. The van der Waals surface area contributed by atoms with E-state index in [1.54, 1.807) is 19.2 Å². The molecule has 1 atom stereocenters. The monoisotopic (exact) mass is 268 g/mol. The summed E-state index contributed by atoms with van der Waals surface area (Å²) in [7, 11) is 0. The number of nitrogens with zero attached hydrogens (tertiary/aromatic N) is 2.